The van der Waals surface area contributed by atoms with Crippen molar-refractivity contribution in [2.24, 2.45) is 5.73 Å². The molecule has 0 unspecified atom stereocenters. The second kappa shape index (κ2) is 7.37. The van der Waals surface area contributed by atoms with E-state index in [4.69, 9.17) is 5.73 Å². The molecule has 1 amide bonds. The van der Waals surface area contributed by atoms with Gasteiger partial charge in [-0.1, -0.05) is 24.3 Å². The fourth-order valence-electron chi connectivity index (χ4n) is 1.60. The Kier molecular flexibility index (Phi) is 6.12. The Hall–Kier alpha value is -1.44. The standard InChI is InChI=1S/C13H21N3O3S/c1-3-16(2)13(17)9-15-20(18,19)10-12-6-4-5-11(7-12)8-14/h4-7,15H,3,8-10,14H2,1-2H3. The van der Waals surface area contributed by atoms with E-state index in [0.29, 0.717) is 18.7 Å². The number of nitrogens with two attached hydrogens (primary N) is 1. The van der Waals surface area contributed by atoms with Gasteiger partial charge in [0.05, 0.1) is 12.3 Å². The predicted octanol–water partition coefficient (Wildman–Crippen LogP) is 0.0430. The lowest BCUT2D eigenvalue weighted by molar-refractivity contribution is -0.128. The lowest BCUT2D eigenvalue weighted by Gasteiger charge is -2.15. The number of benzene rings is 1. The van der Waals surface area contributed by atoms with Crippen LogP contribution in [0.3, 0.4) is 0 Å². The van der Waals surface area contributed by atoms with E-state index in [1.165, 1.54) is 4.90 Å². The van der Waals surface area contributed by atoms with Gasteiger partial charge < -0.3 is 10.6 Å². The minimum absolute atomic E-state index is 0.163. The SMILES string of the molecule is CCN(C)C(=O)CNS(=O)(=O)Cc1cccc(CN)c1. The predicted molar refractivity (Wildman–Crippen MR) is 78.3 cm³/mol. The number of carbonyl (C=O) groups excluding carboxylic acids is 1. The first-order valence-electron chi connectivity index (χ1n) is 6.37. The molecule has 0 radical (unpaired) electrons. The molecule has 1 aromatic carbocycles. The van der Waals surface area contributed by atoms with Gasteiger partial charge in [0.25, 0.3) is 0 Å². The highest BCUT2D eigenvalue weighted by molar-refractivity contribution is 7.88. The average molecular weight is 299 g/mol. The molecule has 0 fully saturated rings. The van der Waals surface area contributed by atoms with Crippen LogP contribution in [0.1, 0.15) is 18.1 Å². The first kappa shape index (κ1) is 16.6. The summed E-state index contributed by atoms with van der Waals surface area (Å²) in [6.45, 7) is 2.51. The van der Waals surface area contributed by atoms with Crippen LogP contribution in [0.2, 0.25) is 0 Å². The van der Waals surface area contributed by atoms with Crippen LogP contribution in [0.15, 0.2) is 24.3 Å². The van der Waals surface area contributed by atoms with Crippen LogP contribution in [0.25, 0.3) is 0 Å². The minimum Gasteiger partial charge on any atom is -0.345 e. The maximum Gasteiger partial charge on any atom is 0.237 e. The zero-order chi connectivity index (χ0) is 15.2. The van der Waals surface area contributed by atoms with E-state index >= 15 is 0 Å². The van der Waals surface area contributed by atoms with Crippen LogP contribution in [0.4, 0.5) is 0 Å². The van der Waals surface area contributed by atoms with Crippen LogP contribution in [-0.2, 0) is 27.1 Å². The van der Waals surface area contributed by atoms with Crippen molar-refractivity contribution in [2.75, 3.05) is 20.1 Å². The maximum atomic E-state index is 11.9. The Morgan fingerprint density at radius 2 is 2.00 bits per heavy atom. The number of carbonyl (C=O) groups is 1. The van der Waals surface area contributed by atoms with Gasteiger partial charge in [0.1, 0.15) is 0 Å². The molecule has 0 spiro atoms. The van der Waals surface area contributed by atoms with Gasteiger partial charge in [0.15, 0.2) is 0 Å². The molecule has 7 heteroatoms. The molecular formula is C13H21N3O3S. The fraction of sp³-hybridized carbons (Fsp3) is 0.462. The van der Waals surface area contributed by atoms with Crippen molar-refractivity contribution >= 4 is 15.9 Å². The third-order valence-corrected chi connectivity index (χ3v) is 4.22. The third-order valence-electron chi connectivity index (χ3n) is 2.93. The summed E-state index contributed by atoms with van der Waals surface area (Å²) in [6, 6.07) is 7.07. The van der Waals surface area contributed by atoms with E-state index in [2.05, 4.69) is 4.72 Å². The molecule has 112 valence electrons. The van der Waals surface area contributed by atoms with Crippen molar-refractivity contribution in [2.45, 2.75) is 19.2 Å². The first-order valence-corrected chi connectivity index (χ1v) is 8.02. The van der Waals surface area contributed by atoms with Crippen LogP contribution < -0.4 is 10.5 Å². The van der Waals surface area contributed by atoms with Gasteiger partial charge in [-0.2, -0.15) is 0 Å². The second-order valence-electron chi connectivity index (χ2n) is 4.51. The number of likely N-dealkylation sites (N-methyl/N-ethyl adjacent to an activating group) is 1. The molecule has 3 N–H and O–H groups in total. The summed E-state index contributed by atoms with van der Waals surface area (Å²) in [6.07, 6.45) is 0. The molecule has 0 saturated heterocycles. The number of amides is 1. The van der Waals surface area contributed by atoms with E-state index < -0.39 is 10.0 Å². The number of hydrogen-bond acceptors (Lipinski definition) is 4. The van der Waals surface area contributed by atoms with Gasteiger partial charge in [0, 0.05) is 20.1 Å². The summed E-state index contributed by atoms with van der Waals surface area (Å²) in [5.74, 6) is -0.420. The number of hydrogen-bond donors (Lipinski definition) is 2. The van der Waals surface area contributed by atoms with Crippen LogP contribution in [0, 0.1) is 0 Å². The molecule has 0 saturated carbocycles. The zero-order valence-electron chi connectivity index (χ0n) is 11.8. The highest BCUT2D eigenvalue weighted by Crippen LogP contribution is 2.08. The Bertz CT molecular complexity index is 558. The second-order valence-corrected chi connectivity index (χ2v) is 6.32. The van der Waals surface area contributed by atoms with Crippen molar-refractivity contribution in [3.8, 4) is 0 Å². The molecule has 0 aliphatic carbocycles. The molecular weight excluding hydrogens is 278 g/mol. The fourth-order valence-corrected chi connectivity index (χ4v) is 2.66. The summed E-state index contributed by atoms with van der Waals surface area (Å²) in [5, 5.41) is 0. The highest BCUT2D eigenvalue weighted by Gasteiger charge is 2.15. The molecule has 0 bridgehead atoms. The van der Waals surface area contributed by atoms with Crippen molar-refractivity contribution in [1.29, 1.82) is 0 Å². The Morgan fingerprint density at radius 3 is 2.60 bits per heavy atom. The summed E-state index contributed by atoms with van der Waals surface area (Å²) in [4.78, 5) is 13.0. The molecule has 0 atom stereocenters. The normalized spacial score (nSPS) is 11.3. The topological polar surface area (TPSA) is 92.5 Å². The molecule has 0 aliphatic heterocycles. The van der Waals surface area contributed by atoms with Gasteiger partial charge >= 0.3 is 0 Å². The monoisotopic (exact) mass is 299 g/mol. The quantitative estimate of drug-likeness (QED) is 0.743. The van der Waals surface area contributed by atoms with Crippen LogP contribution >= 0.6 is 0 Å². The van der Waals surface area contributed by atoms with Crippen molar-refractivity contribution in [1.82, 2.24) is 9.62 Å². The largest absolute Gasteiger partial charge is 0.345 e. The van der Waals surface area contributed by atoms with E-state index in [0.717, 1.165) is 5.56 Å². The Balaban J connectivity index is 2.63. The van der Waals surface area contributed by atoms with Gasteiger partial charge in [-0.25, -0.2) is 13.1 Å². The summed E-state index contributed by atoms with van der Waals surface area (Å²) >= 11 is 0. The Morgan fingerprint density at radius 1 is 1.35 bits per heavy atom. The molecule has 6 nitrogen and oxygen atoms in total. The van der Waals surface area contributed by atoms with Gasteiger partial charge in [0.2, 0.25) is 15.9 Å². The van der Waals surface area contributed by atoms with Crippen LogP contribution in [0.5, 0.6) is 0 Å². The molecule has 1 rings (SSSR count). The van der Waals surface area contributed by atoms with Gasteiger partial charge in [-0.05, 0) is 18.1 Å². The van der Waals surface area contributed by atoms with Gasteiger partial charge in [-0.15, -0.1) is 0 Å². The third kappa shape index (κ3) is 5.28. The van der Waals surface area contributed by atoms with Crippen molar-refractivity contribution in [3.63, 3.8) is 0 Å². The van der Waals surface area contributed by atoms with Crippen molar-refractivity contribution in [3.05, 3.63) is 35.4 Å². The molecule has 20 heavy (non-hydrogen) atoms. The lowest BCUT2D eigenvalue weighted by Crippen LogP contribution is -2.38. The highest BCUT2D eigenvalue weighted by atomic mass is 32.2. The van der Waals surface area contributed by atoms with Gasteiger partial charge in [-0.3, -0.25) is 4.79 Å². The van der Waals surface area contributed by atoms with E-state index in [9.17, 15) is 13.2 Å². The zero-order valence-corrected chi connectivity index (χ0v) is 12.6. The van der Waals surface area contributed by atoms with Crippen molar-refractivity contribution < 1.29 is 13.2 Å². The average Bonchev–Trinajstić information content (AvgIpc) is 2.43. The molecule has 0 aromatic heterocycles. The number of nitrogens with zero attached hydrogens (tertiary/aromatic N) is 1. The lowest BCUT2D eigenvalue weighted by atomic mass is 10.1. The van der Waals surface area contributed by atoms with E-state index in [1.54, 1.807) is 25.2 Å². The Labute approximate surface area is 120 Å². The molecule has 0 heterocycles. The number of rotatable bonds is 7. The summed E-state index contributed by atoms with van der Waals surface area (Å²) in [5.41, 5.74) is 7.04. The van der Waals surface area contributed by atoms with E-state index in [1.807, 2.05) is 13.0 Å². The minimum atomic E-state index is -3.53. The molecule has 0 aliphatic rings. The molecule has 1 aromatic rings. The number of nitrogens with one attached hydrogen (secondary N) is 1. The summed E-state index contributed by atoms with van der Waals surface area (Å²) < 4.78 is 26.1. The first-order chi connectivity index (χ1) is 9.38. The smallest absolute Gasteiger partial charge is 0.237 e. The van der Waals surface area contributed by atoms with E-state index in [-0.39, 0.29) is 18.2 Å². The van der Waals surface area contributed by atoms with Crippen LogP contribution in [-0.4, -0.2) is 39.4 Å². The number of sulfonamides is 1. The maximum absolute atomic E-state index is 11.9. The summed E-state index contributed by atoms with van der Waals surface area (Å²) in [7, 11) is -1.91.